The van der Waals surface area contributed by atoms with Crippen molar-refractivity contribution >= 4 is 40.2 Å². The molecule has 1 aromatic carbocycles. The third-order valence-electron chi connectivity index (χ3n) is 2.75. The summed E-state index contributed by atoms with van der Waals surface area (Å²) < 4.78 is 0.764. The monoisotopic (exact) mass is 295 g/mol. The fraction of sp³-hybridized carbons (Fsp3) is 0.154. The Kier molecular flexibility index (Phi) is 3.97. The maximum absolute atomic E-state index is 11.1. The van der Waals surface area contributed by atoms with Gasteiger partial charge in [0.05, 0.1) is 22.3 Å². The number of nitrogens with zero attached hydrogens (tertiary/aromatic N) is 1. The number of carbonyl (C=O) groups excluding carboxylic acids is 1. The molecule has 0 radical (unpaired) electrons. The minimum Gasteiger partial charge on any atom is -0.397 e. The number of rotatable bonds is 4. The molecule has 100 valence electrons. The number of anilines is 2. The van der Waals surface area contributed by atoms with Gasteiger partial charge in [-0.2, -0.15) is 0 Å². The molecule has 0 bridgehead atoms. The fourth-order valence-electron chi connectivity index (χ4n) is 1.81. The van der Waals surface area contributed by atoms with Crippen LogP contribution in [0.5, 0.6) is 0 Å². The Morgan fingerprint density at radius 1 is 1.37 bits per heavy atom. The highest BCUT2D eigenvalue weighted by molar-refractivity contribution is 7.16. The molecular formula is C13H14ClN3OS. The maximum atomic E-state index is 11.1. The van der Waals surface area contributed by atoms with Crippen molar-refractivity contribution in [3.63, 3.8) is 0 Å². The van der Waals surface area contributed by atoms with Crippen molar-refractivity contribution < 1.29 is 4.79 Å². The van der Waals surface area contributed by atoms with E-state index in [2.05, 4.69) is 0 Å². The molecule has 0 spiro atoms. The van der Waals surface area contributed by atoms with E-state index in [1.807, 2.05) is 24.1 Å². The molecule has 1 amide bonds. The van der Waals surface area contributed by atoms with Crippen LogP contribution < -0.4 is 16.4 Å². The lowest BCUT2D eigenvalue weighted by Gasteiger charge is -2.20. The minimum absolute atomic E-state index is 0.411. The predicted molar refractivity (Wildman–Crippen MR) is 80.8 cm³/mol. The van der Waals surface area contributed by atoms with E-state index in [-0.39, 0.29) is 0 Å². The Morgan fingerprint density at radius 2 is 2.11 bits per heavy atom. The second kappa shape index (κ2) is 5.50. The van der Waals surface area contributed by atoms with E-state index in [9.17, 15) is 4.79 Å². The van der Waals surface area contributed by atoms with E-state index < -0.39 is 5.91 Å². The summed E-state index contributed by atoms with van der Waals surface area (Å²) in [5.74, 6) is -0.481. The molecular weight excluding hydrogens is 282 g/mol. The number of hydrogen-bond donors (Lipinski definition) is 2. The van der Waals surface area contributed by atoms with Crippen LogP contribution in [-0.4, -0.2) is 13.0 Å². The molecule has 0 saturated carbocycles. The lowest BCUT2D eigenvalue weighted by atomic mass is 10.1. The lowest BCUT2D eigenvalue weighted by Crippen LogP contribution is -2.18. The molecule has 0 saturated heterocycles. The Hall–Kier alpha value is -1.72. The van der Waals surface area contributed by atoms with Crippen LogP contribution in [0, 0.1) is 0 Å². The largest absolute Gasteiger partial charge is 0.397 e. The van der Waals surface area contributed by atoms with Crippen LogP contribution in [0.1, 0.15) is 15.2 Å². The first-order valence-electron chi connectivity index (χ1n) is 5.62. The first-order chi connectivity index (χ1) is 8.97. The Balaban J connectivity index is 2.19. The number of amides is 1. The summed E-state index contributed by atoms with van der Waals surface area (Å²) in [4.78, 5) is 14.2. The van der Waals surface area contributed by atoms with Crippen LogP contribution in [0.3, 0.4) is 0 Å². The van der Waals surface area contributed by atoms with Crippen LogP contribution in [0.25, 0.3) is 0 Å². The first kappa shape index (κ1) is 13.7. The Bertz CT molecular complexity index is 612. The number of thiophene rings is 1. The third-order valence-corrected chi connectivity index (χ3v) is 3.96. The summed E-state index contributed by atoms with van der Waals surface area (Å²) in [5, 5.41) is 0. The van der Waals surface area contributed by atoms with Gasteiger partial charge in [-0.25, -0.2) is 0 Å². The van der Waals surface area contributed by atoms with E-state index in [0.717, 1.165) is 14.9 Å². The molecule has 1 aromatic heterocycles. The zero-order chi connectivity index (χ0) is 14.0. The molecule has 0 fully saturated rings. The third kappa shape index (κ3) is 3.19. The van der Waals surface area contributed by atoms with Crippen molar-refractivity contribution in [3.8, 4) is 0 Å². The van der Waals surface area contributed by atoms with Gasteiger partial charge in [0.15, 0.2) is 0 Å². The van der Waals surface area contributed by atoms with Gasteiger partial charge < -0.3 is 16.4 Å². The maximum Gasteiger partial charge on any atom is 0.248 e. The molecule has 0 aliphatic heterocycles. The number of carbonyl (C=O) groups is 1. The predicted octanol–water partition coefficient (Wildman–Crippen LogP) is 2.72. The summed E-state index contributed by atoms with van der Waals surface area (Å²) in [5.41, 5.74) is 13.0. The number of benzene rings is 1. The molecule has 2 aromatic rings. The summed E-state index contributed by atoms with van der Waals surface area (Å²) in [7, 11) is 1.93. The van der Waals surface area contributed by atoms with Crippen LogP contribution >= 0.6 is 22.9 Å². The van der Waals surface area contributed by atoms with Crippen molar-refractivity contribution in [2.24, 2.45) is 5.73 Å². The molecule has 2 rings (SSSR count). The highest BCUT2D eigenvalue weighted by Gasteiger charge is 2.10. The standard InChI is InChI=1S/C13H14ClN3OS/c1-17(7-9-3-5-12(14)19-9)11-4-2-8(13(16)18)6-10(11)15/h2-6H,7,15H2,1H3,(H2,16,18). The Morgan fingerprint density at radius 3 is 2.63 bits per heavy atom. The van der Waals surface area contributed by atoms with Crippen LogP contribution in [-0.2, 0) is 6.54 Å². The van der Waals surface area contributed by atoms with E-state index in [1.165, 1.54) is 11.3 Å². The SMILES string of the molecule is CN(Cc1ccc(Cl)s1)c1ccc(C(N)=O)cc1N. The van der Waals surface area contributed by atoms with Crippen LogP contribution in [0.15, 0.2) is 30.3 Å². The molecule has 0 unspecified atom stereocenters. The number of primary amides is 1. The van der Waals surface area contributed by atoms with Gasteiger partial charge in [0.1, 0.15) is 0 Å². The summed E-state index contributed by atoms with van der Waals surface area (Å²) >= 11 is 7.43. The first-order valence-corrected chi connectivity index (χ1v) is 6.81. The fourth-order valence-corrected chi connectivity index (χ4v) is 2.95. The average Bonchev–Trinajstić information content (AvgIpc) is 2.74. The van der Waals surface area contributed by atoms with Gasteiger partial charge >= 0.3 is 0 Å². The molecule has 4 N–H and O–H groups in total. The summed E-state index contributed by atoms with van der Waals surface area (Å²) in [6.45, 7) is 0.706. The van der Waals surface area contributed by atoms with Crippen molar-refractivity contribution in [2.45, 2.75) is 6.54 Å². The van der Waals surface area contributed by atoms with Gasteiger partial charge in [0.25, 0.3) is 0 Å². The molecule has 19 heavy (non-hydrogen) atoms. The highest BCUT2D eigenvalue weighted by atomic mass is 35.5. The average molecular weight is 296 g/mol. The number of halogens is 1. The molecule has 6 heteroatoms. The van der Waals surface area contributed by atoms with Crippen LogP contribution in [0.4, 0.5) is 11.4 Å². The summed E-state index contributed by atoms with van der Waals surface area (Å²) in [6.07, 6.45) is 0. The van der Waals surface area contributed by atoms with Gasteiger partial charge in [-0.1, -0.05) is 11.6 Å². The van der Waals surface area contributed by atoms with Crippen molar-refractivity contribution in [3.05, 3.63) is 45.1 Å². The molecule has 1 heterocycles. The van der Waals surface area contributed by atoms with E-state index in [4.69, 9.17) is 23.1 Å². The molecule has 4 nitrogen and oxygen atoms in total. The lowest BCUT2D eigenvalue weighted by molar-refractivity contribution is 0.100. The molecule has 0 atom stereocenters. The topological polar surface area (TPSA) is 72.3 Å². The number of nitrogen functional groups attached to an aromatic ring is 1. The van der Waals surface area contributed by atoms with Gasteiger partial charge in [-0.3, -0.25) is 4.79 Å². The zero-order valence-corrected chi connectivity index (χ0v) is 12.0. The molecule has 0 aliphatic carbocycles. The highest BCUT2D eigenvalue weighted by Crippen LogP contribution is 2.27. The van der Waals surface area contributed by atoms with Gasteiger partial charge in [-0.05, 0) is 30.3 Å². The number of nitrogens with two attached hydrogens (primary N) is 2. The van der Waals surface area contributed by atoms with Gasteiger partial charge in [-0.15, -0.1) is 11.3 Å². The normalized spacial score (nSPS) is 10.4. The summed E-state index contributed by atoms with van der Waals surface area (Å²) in [6, 6.07) is 8.92. The van der Waals surface area contributed by atoms with E-state index >= 15 is 0 Å². The van der Waals surface area contributed by atoms with Gasteiger partial charge in [0.2, 0.25) is 5.91 Å². The van der Waals surface area contributed by atoms with Crippen molar-refractivity contribution in [1.82, 2.24) is 0 Å². The Labute approximate surface area is 120 Å². The minimum atomic E-state index is -0.481. The van der Waals surface area contributed by atoms with Crippen molar-refractivity contribution in [1.29, 1.82) is 0 Å². The van der Waals surface area contributed by atoms with Gasteiger partial charge in [0, 0.05) is 17.5 Å². The van der Waals surface area contributed by atoms with Crippen molar-refractivity contribution in [2.75, 3.05) is 17.7 Å². The second-order valence-electron chi connectivity index (χ2n) is 4.20. The van der Waals surface area contributed by atoms with E-state index in [1.54, 1.807) is 18.2 Å². The quantitative estimate of drug-likeness (QED) is 0.852. The zero-order valence-electron chi connectivity index (χ0n) is 10.4. The smallest absolute Gasteiger partial charge is 0.248 e. The van der Waals surface area contributed by atoms with E-state index in [0.29, 0.717) is 17.8 Å². The van der Waals surface area contributed by atoms with Crippen LogP contribution in [0.2, 0.25) is 4.34 Å². The number of hydrogen-bond acceptors (Lipinski definition) is 4. The molecule has 0 aliphatic rings. The second-order valence-corrected chi connectivity index (χ2v) is 6.00.